The summed E-state index contributed by atoms with van der Waals surface area (Å²) in [5, 5.41) is 0. The van der Waals surface area contributed by atoms with Crippen molar-refractivity contribution in [3.63, 3.8) is 0 Å². The summed E-state index contributed by atoms with van der Waals surface area (Å²) >= 11 is 0. The topological polar surface area (TPSA) is 54.5 Å². The van der Waals surface area contributed by atoms with E-state index in [1.165, 1.54) is 48.5 Å². The normalized spacial score (nSPS) is 14.0. The lowest BCUT2D eigenvalue weighted by molar-refractivity contribution is -0.0465. The van der Waals surface area contributed by atoms with Crippen LogP contribution in [0.3, 0.4) is 0 Å². The van der Waals surface area contributed by atoms with Crippen molar-refractivity contribution in [1.29, 1.82) is 0 Å². The maximum absolute atomic E-state index is 13.5. The first-order chi connectivity index (χ1) is 10.6. The van der Waals surface area contributed by atoms with Gasteiger partial charge in [0.25, 0.3) is 0 Å². The maximum Gasteiger partial charge on any atom is 0.512 e. The lowest BCUT2D eigenvalue weighted by Crippen LogP contribution is -2.45. The van der Waals surface area contributed by atoms with E-state index in [0.717, 1.165) is 0 Å². The minimum absolute atomic E-state index is 0.00141. The number of benzene rings is 2. The fourth-order valence-corrected chi connectivity index (χ4v) is 6.49. The third-order valence-electron chi connectivity index (χ3n) is 3.25. The molecule has 23 heavy (non-hydrogen) atoms. The van der Waals surface area contributed by atoms with E-state index in [1.807, 2.05) is 0 Å². The SMILES string of the molecule is CN(S(=O)(=O)C(F)(F)F)[SH](=O)(c1ccccc1)c1ccccc1. The first kappa shape index (κ1) is 17.6. The Kier molecular flexibility index (Phi) is 4.65. The lowest BCUT2D eigenvalue weighted by atomic mass is 10.4. The molecule has 0 bridgehead atoms. The summed E-state index contributed by atoms with van der Waals surface area (Å²) in [6.45, 7) is 0. The molecule has 2 rings (SSSR count). The Labute approximate surface area is 133 Å². The van der Waals surface area contributed by atoms with E-state index >= 15 is 0 Å². The monoisotopic (exact) mass is 365 g/mol. The second-order valence-corrected chi connectivity index (χ2v) is 9.65. The molecule has 0 radical (unpaired) electrons. The Hall–Kier alpha value is -1.71. The number of hydrogen-bond donors (Lipinski definition) is 1. The highest BCUT2D eigenvalue weighted by Crippen LogP contribution is 2.37. The van der Waals surface area contributed by atoms with Gasteiger partial charge < -0.3 is 0 Å². The van der Waals surface area contributed by atoms with Crippen molar-refractivity contribution in [2.75, 3.05) is 7.05 Å². The van der Waals surface area contributed by atoms with E-state index in [9.17, 15) is 25.8 Å². The minimum Gasteiger partial charge on any atom is -0.261 e. The van der Waals surface area contributed by atoms with E-state index in [1.54, 1.807) is 12.1 Å². The summed E-state index contributed by atoms with van der Waals surface area (Å²) in [5.74, 6) is 0. The summed E-state index contributed by atoms with van der Waals surface area (Å²) in [5.41, 5.74) is -5.54. The van der Waals surface area contributed by atoms with Crippen LogP contribution in [0.25, 0.3) is 0 Å². The Balaban J connectivity index is 2.73. The molecule has 0 saturated carbocycles. The van der Waals surface area contributed by atoms with Crippen molar-refractivity contribution < 1.29 is 25.8 Å². The summed E-state index contributed by atoms with van der Waals surface area (Å²) in [6, 6.07) is 14.5. The zero-order chi connectivity index (χ0) is 17.3. The first-order valence-electron chi connectivity index (χ1n) is 6.39. The van der Waals surface area contributed by atoms with Gasteiger partial charge in [0, 0.05) is 27.0 Å². The molecule has 0 unspecified atom stereocenters. The van der Waals surface area contributed by atoms with Crippen LogP contribution in [0.2, 0.25) is 0 Å². The third-order valence-corrected chi connectivity index (χ3v) is 8.65. The molecule has 0 aromatic heterocycles. The van der Waals surface area contributed by atoms with Crippen LogP contribution in [0.4, 0.5) is 13.2 Å². The van der Waals surface area contributed by atoms with Gasteiger partial charge in [0.05, 0.1) is 0 Å². The van der Waals surface area contributed by atoms with Crippen LogP contribution in [0.15, 0.2) is 70.5 Å². The zero-order valence-electron chi connectivity index (χ0n) is 11.9. The van der Waals surface area contributed by atoms with Crippen molar-refractivity contribution in [2.24, 2.45) is 0 Å². The van der Waals surface area contributed by atoms with Gasteiger partial charge in [0.2, 0.25) is 0 Å². The van der Waals surface area contributed by atoms with Crippen LogP contribution in [-0.4, -0.2) is 28.9 Å². The van der Waals surface area contributed by atoms with Crippen LogP contribution >= 0.6 is 0 Å². The molecule has 2 aromatic rings. The van der Waals surface area contributed by atoms with Crippen molar-refractivity contribution in [2.45, 2.75) is 15.3 Å². The second kappa shape index (κ2) is 6.06. The molecular formula is C14H14F3NO3S2. The van der Waals surface area contributed by atoms with Crippen LogP contribution < -0.4 is 0 Å². The van der Waals surface area contributed by atoms with Gasteiger partial charge in [0.15, 0.2) is 0 Å². The predicted molar refractivity (Wildman–Crippen MR) is 81.7 cm³/mol. The number of sulfonamides is 1. The Morgan fingerprint density at radius 1 is 0.870 bits per heavy atom. The van der Waals surface area contributed by atoms with Gasteiger partial charge in [-0.05, 0) is 24.3 Å². The average Bonchev–Trinajstić information content (AvgIpc) is 2.54. The summed E-state index contributed by atoms with van der Waals surface area (Å²) in [6.07, 6.45) is 0. The van der Waals surface area contributed by atoms with E-state index in [4.69, 9.17) is 0 Å². The van der Waals surface area contributed by atoms with Crippen molar-refractivity contribution in [3.8, 4) is 0 Å². The largest absolute Gasteiger partial charge is 0.512 e. The van der Waals surface area contributed by atoms with Gasteiger partial charge in [-0.25, -0.2) is 8.42 Å². The quantitative estimate of drug-likeness (QED) is 0.848. The molecule has 0 fully saturated rings. The third kappa shape index (κ3) is 3.04. The highest BCUT2D eigenvalue weighted by atomic mass is 32.3. The van der Waals surface area contributed by atoms with Crippen molar-refractivity contribution in [1.82, 2.24) is 3.71 Å². The number of halogens is 3. The molecular weight excluding hydrogens is 351 g/mol. The Bertz CT molecular complexity index is 778. The number of thiol groups is 1. The number of nitrogens with zero attached hydrogens (tertiary/aromatic N) is 1. The van der Waals surface area contributed by atoms with Crippen LogP contribution in [0, 0.1) is 0 Å². The molecule has 0 spiro atoms. The van der Waals surface area contributed by atoms with Gasteiger partial charge in [-0.2, -0.15) is 13.2 Å². The van der Waals surface area contributed by atoms with Crippen LogP contribution in [0.5, 0.6) is 0 Å². The van der Waals surface area contributed by atoms with Gasteiger partial charge in [0.1, 0.15) is 0 Å². The molecule has 0 saturated heterocycles. The number of alkyl halides is 3. The molecule has 0 heterocycles. The van der Waals surface area contributed by atoms with Gasteiger partial charge >= 0.3 is 15.5 Å². The van der Waals surface area contributed by atoms with Crippen molar-refractivity contribution in [3.05, 3.63) is 60.7 Å². The van der Waals surface area contributed by atoms with Gasteiger partial charge in [-0.3, -0.25) is 4.21 Å². The molecule has 0 aliphatic carbocycles. The predicted octanol–water partition coefficient (Wildman–Crippen LogP) is 2.82. The molecule has 0 atom stereocenters. The summed E-state index contributed by atoms with van der Waals surface area (Å²) in [4.78, 5) is 0.00282. The van der Waals surface area contributed by atoms with E-state index < -0.39 is 25.7 Å². The molecule has 126 valence electrons. The van der Waals surface area contributed by atoms with Crippen molar-refractivity contribution >= 4 is 20.1 Å². The first-order valence-corrected chi connectivity index (χ1v) is 9.48. The van der Waals surface area contributed by atoms with E-state index in [2.05, 4.69) is 0 Å². The van der Waals surface area contributed by atoms with Gasteiger partial charge in [-0.15, -0.1) is 3.71 Å². The molecule has 0 N–H and O–H groups in total. The molecule has 0 amide bonds. The smallest absolute Gasteiger partial charge is 0.261 e. The highest BCUT2D eigenvalue weighted by molar-refractivity contribution is 8.11. The number of rotatable bonds is 4. The second-order valence-electron chi connectivity index (χ2n) is 4.63. The Morgan fingerprint density at radius 3 is 1.52 bits per heavy atom. The molecule has 2 aromatic carbocycles. The maximum atomic E-state index is 13.5. The van der Waals surface area contributed by atoms with E-state index in [0.29, 0.717) is 7.05 Å². The Morgan fingerprint density at radius 2 is 1.22 bits per heavy atom. The lowest BCUT2D eigenvalue weighted by Gasteiger charge is -2.33. The summed E-state index contributed by atoms with van der Waals surface area (Å²) < 4.78 is 75.6. The van der Waals surface area contributed by atoms with Crippen LogP contribution in [-0.2, 0) is 20.1 Å². The molecule has 0 aliphatic rings. The molecule has 4 nitrogen and oxygen atoms in total. The van der Waals surface area contributed by atoms with Gasteiger partial charge in [-0.1, -0.05) is 36.4 Å². The fraction of sp³-hybridized carbons (Fsp3) is 0.143. The van der Waals surface area contributed by atoms with E-state index in [-0.39, 0.29) is 13.5 Å². The fourth-order valence-electron chi connectivity index (χ4n) is 2.04. The standard InChI is InChI=1S/C14H14F3NO3S2/c1-18(23(20,21)14(15,16)17)22(19,12-8-4-2-5-9-12)13-10-6-3-7-11-13/h2-11,22H,1H3. The average molecular weight is 365 g/mol. The zero-order valence-corrected chi connectivity index (χ0v) is 13.6. The van der Waals surface area contributed by atoms with Crippen LogP contribution in [0.1, 0.15) is 0 Å². The molecule has 9 heteroatoms. The molecule has 0 aliphatic heterocycles. The minimum atomic E-state index is -5.76. The summed E-state index contributed by atoms with van der Waals surface area (Å²) in [7, 11) is -9.28. The highest BCUT2D eigenvalue weighted by Gasteiger charge is 2.52. The number of hydrogen-bond acceptors (Lipinski definition) is 3.